The predicted molar refractivity (Wildman–Crippen MR) is 122 cm³/mol. The van der Waals surface area contributed by atoms with Crippen LogP contribution in [0.3, 0.4) is 0 Å². The Bertz CT molecular complexity index is 561. The van der Waals surface area contributed by atoms with Gasteiger partial charge in [0.15, 0.2) is 0 Å². The van der Waals surface area contributed by atoms with Crippen LogP contribution in [0.15, 0.2) is 0 Å². The molecule has 0 aliphatic heterocycles. The number of rotatable bonds is 19. The molecule has 0 aliphatic rings. The molecule has 0 radical (unpaired) electrons. The van der Waals surface area contributed by atoms with Crippen LogP contribution in [0, 0.1) is 0 Å². The number of amides is 3. The van der Waals surface area contributed by atoms with Gasteiger partial charge >= 0.3 is 13.7 Å². The maximum atomic E-state index is 11.7. The molecule has 1 unspecified atom stereocenters. The summed E-state index contributed by atoms with van der Waals surface area (Å²) in [5, 5.41) is 8.12. The van der Waals surface area contributed by atoms with Crippen molar-refractivity contribution in [2.45, 2.75) is 57.8 Å². The fraction of sp³-hybridized carbons (Fsp3) is 0.842. The number of unbranched alkanes of at least 4 members (excludes halogenated alkanes) is 5. The van der Waals surface area contributed by atoms with Gasteiger partial charge in [0.2, 0.25) is 11.8 Å². The summed E-state index contributed by atoms with van der Waals surface area (Å²) in [6.45, 7) is 2.86. The third-order valence-electron chi connectivity index (χ3n) is 4.07. The molecule has 0 fully saturated rings. The Hall–Kier alpha value is -1.29. The highest BCUT2D eigenvalue weighted by Gasteiger charge is 2.08. The Morgan fingerprint density at radius 3 is 2.06 bits per heavy atom. The van der Waals surface area contributed by atoms with Crippen LogP contribution < -0.4 is 16.0 Å². The van der Waals surface area contributed by atoms with Crippen molar-refractivity contribution in [3.8, 4) is 0 Å². The van der Waals surface area contributed by atoms with Gasteiger partial charge < -0.3 is 30.1 Å². The van der Waals surface area contributed by atoms with Crippen molar-refractivity contribution in [1.29, 1.82) is 0 Å². The van der Waals surface area contributed by atoms with Gasteiger partial charge in [-0.25, -0.2) is 4.79 Å². The predicted octanol–water partition coefficient (Wildman–Crippen LogP) is 2.22. The number of hydrogen-bond acceptors (Lipinski definition) is 7. The first-order chi connectivity index (χ1) is 14.7. The van der Waals surface area contributed by atoms with E-state index in [1.54, 1.807) is 0 Å². The summed E-state index contributed by atoms with van der Waals surface area (Å²) in [5.41, 5.74) is 0. The summed E-state index contributed by atoms with van der Waals surface area (Å²) in [6, 6.07) is 0. The maximum Gasteiger partial charge on any atom is 0.407 e. The van der Waals surface area contributed by atoms with Crippen LogP contribution in [0.1, 0.15) is 57.8 Å². The average molecular weight is 484 g/mol. The van der Waals surface area contributed by atoms with E-state index in [1.165, 1.54) is 0 Å². The minimum Gasteiger partial charge on any atom is -0.448 e. The van der Waals surface area contributed by atoms with Gasteiger partial charge in [-0.2, -0.15) is 12.6 Å². The second-order valence-electron chi connectivity index (χ2n) is 7.10. The highest BCUT2D eigenvalue weighted by atomic mass is 32.1. The molecule has 0 aromatic heterocycles. The molecule has 12 heteroatoms. The molecule has 0 aromatic carbocycles. The summed E-state index contributed by atoms with van der Waals surface area (Å²) in [7, 11) is -3.39. The number of nitrogens with one attached hydrogen (secondary N) is 3. The molecule has 0 spiro atoms. The van der Waals surface area contributed by atoms with E-state index in [1.807, 2.05) is 0 Å². The van der Waals surface area contributed by atoms with E-state index in [9.17, 15) is 18.9 Å². The van der Waals surface area contributed by atoms with Crippen LogP contribution in [0.5, 0.6) is 0 Å². The number of carbonyl (C=O) groups is 3. The van der Waals surface area contributed by atoms with Crippen LogP contribution in [-0.2, 0) is 23.4 Å². The van der Waals surface area contributed by atoms with E-state index >= 15 is 0 Å². The van der Waals surface area contributed by atoms with Gasteiger partial charge in [0.1, 0.15) is 6.61 Å². The molecule has 0 saturated heterocycles. The van der Waals surface area contributed by atoms with E-state index in [0.29, 0.717) is 38.1 Å². The van der Waals surface area contributed by atoms with Crippen molar-refractivity contribution < 1.29 is 33.1 Å². The number of ether oxygens (including phenoxy) is 1. The quantitative estimate of drug-likeness (QED) is 0.108. The third kappa shape index (κ3) is 23.2. The standard InChI is InChI=1S/C19H38N3O7PS/c1-30(26,27)29-14-8-3-2-6-12-22-19(25)28-15-13-21-17(23)9-5-4-7-11-20-18(24)10-16-31/h31H,2-16H2,1H3,(H,20,24)(H,21,23)(H,22,25)(H,26,27). The minimum absolute atomic E-state index is 0.00361. The second-order valence-corrected chi connectivity index (χ2v) is 9.41. The molecule has 182 valence electrons. The molecule has 31 heavy (non-hydrogen) atoms. The normalized spacial score (nSPS) is 12.6. The zero-order valence-electron chi connectivity index (χ0n) is 18.4. The van der Waals surface area contributed by atoms with Gasteiger partial charge in [0.05, 0.1) is 13.2 Å². The van der Waals surface area contributed by atoms with Crippen molar-refractivity contribution in [3.63, 3.8) is 0 Å². The van der Waals surface area contributed by atoms with E-state index in [4.69, 9.17) is 14.2 Å². The number of hydrogen-bond donors (Lipinski definition) is 5. The molecule has 0 rings (SSSR count). The van der Waals surface area contributed by atoms with Crippen LogP contribution >= 0.6 is 20.2 Å². The summed E-state index contributed by atoms with van der Waals surface area (Å²) in [4.78, 5) is 43.5. The van der Waals surface area contributed by atoms with E-state index in [-0.39, 0.29) is 31.6 Å². The number of carbonyl (C=O) groups excluding carboxylic acids is 3. The Balaban J connectivity index is 3.41. The molecule has 3 amide bonds. The first kappa shape index (κ1) is 29.7. The lowest BCUT2D eigenvalue weighted by molar-refractivity contribution is -0.122. The van der Waals surface area contributed by atoms with Crippen molar-refractivity contribution in [2.75, 3.05) is 45.3 Å². The molecule has 0 aliphatic carbocycles. The second kappa shape index (κ2) is 19.4. The Kier molecular flexibility index (Phi) is 18.6. The van der Waals surface area contributed by atoms with Gasteiger partial charge in [-0.15, -0.1) is 0 Å². The van der Waals surface area contributed by atoms with E-state index in [2.05, 4.69) is 28.6 Å². The lowest BCUT2D eigenvalue weighted by Crippen LogP contribution is -2.31. The van der Waals surface area contributed by atoms with Gasteiger partial charge in [-0.05, 0) is 31.4 Å². The van der Waals surface area contributed by atoms with Crippen molar-refractivity contribution >= 4 is 38.1 Å². The first-order valence-corrected chi connectivity index (χ1v) is 13.4. The summed E-state index contributed by atoms with van der Waals surface area (Å²) >= 11 is 3.99. The van der Waals surface area contributed by atoms with Crippen molar-refractivity contribution in [3.05, 3.63) is 0 Å². The monoisotopic (exact) mass is 483 g/mol. The van der Waals surface area contributed by atoms with Gasteiger partial charge in [0.25, 0.3) is 0 Å². The number of thiol groups is 1. The zero-order valence-corrected chi connectivity index (χ0v) is 20.2. The number of alkyl carbamates (subject to hydrolysis) is 1. The highest BCUT2D eigenvalue weighted by molar-refractivity contribution is 7.80. The van der Waals surface area contributed by atoms with Crippen LogP contribution in [0.4, 0.5) is 4.79 Å². The summed E-state index contributed by atoms with van der Waals surface area (Å²) in [6.07, 6.45) is 5.86. The lowest BCUT2D eigenvalue weighted by atomic mass is 10.2. The molecule has 10 nitrogen and oxygen atoms in total. The smallest absolute Gasteiger partial charge is 0.407 e. The lowest BCUT2D eigenvalue weighted by Gasteiger charge is -2.09. The van der Waals surface area contributed by atoms with E-state index < -0.39 is 13.7 Å². The third-order valence-corrected chi connectivity index (χ3v) is 4.96. The fourth-order valence-electron chi connectivity index (χ4n) is 2.48. The first-order valence-electron chi connectivity index (χ1n) is 10.7. The molecule has 0 heterocycles. The molecule has 1 atom stereocenters. The largest absolute Gasteiger partial charge is 0.448 e. The molecule has 4 N–H and O–H groups in total. The summed E-state index contributed by atoms with van der Waals surface area (Å²) in [5.74, 6) is 0.440. The maximum absolute atomic E-state index is 11.7. The van der Waals surface area contributed by atoms with Gasteiger partial charge in [-0.3, -0.25) is 14.2 Å². The molecule has 0 bridgehead atoms. The highest BCUT2D eigenvalue weighted by Crippen LogP contribution is 2.36. The van der Waals surface area contributed by atoms with Gasteiger partial charge in [0, 0.05) is 32.6 Å². The Labute approximate surface area is 190 Å². The van der Waals surface area contributed by atoms with Crippen LogP contribution in [-0.4, -0.2) is 68.1 Å². The fourth-order valence-corrected chi connectivity index (χ4v) is 3.15. The molecule has 0 aromatic rings. The van der Waals surface area contributed by atoms with Crippen LogP contribution in [0.2, 0.25) is 0 Å². The van der Waals surface area contributed by atoms with Crippen LogP contribution in [0.25, 0.3) is 0 Å². The minimum atomic E-state index is -3.39. The SMILES string of the molecule is CP(=O)(O)OCCCCCCNC(=O)OCCNC(=O)CCCCCNC(=O)CCS. The zero-order chi connectivity index (χ0) is 23.4. The molecule has 0 saturated carbocycles. The topological polar surface area (TPSA) is 143 Å². The molecular weight excluding hydrogens is 445 g/mol. The Morgan fingerprint density at radius 1 is 0.806 bits per heavy atom. The average Bonchev–Trinajstić information content (AvgIpc) is 2.69. The van der Waals surface area contributed by atoms with Crippen molar-refractivity contribution in [1.82, 2.24) is 16.0 Å². The Morgan fingerprint density at radius 2 is 1.39 bits per heavy atom. The van der Waals surface area contributed by atoms with Crippen molar-refractivity contribution in [2.24, 2.45) is 0 Å². The molecular formula is C19H38N3O7PS. The summed E-state index contributed by atoms with van der Waals surface area (Å²) < 4.78 is 20.7. The van der Waals surface area contributed by atoms with E-state index in [0.717, 1.165) is 45.2 Å². The van der Waals surface area contributed by atoms with Gasteiger partial charge in [-0.1, -0.05) is 19.3 Å².